The van der Waals surface area contributed by atoms with Gasteiger partial charge < -0.3 is 15.0 Å². The molecule has 4 heteroatoms. The molecule has 0 unspecified atom stereocenters. The van der Waals surface area contributed by atoms with Gasteiger partial charge in [-0.3, -0.25) is 0 Å². The van der Waals surface area contributed by atoms with Crippen LogP contribution in [-0.2, 0) is 10.2 Å². The highest BCUT2D eigenvalue weighted by molar-refractivity contribution is 5.67. The molecule has 0 saturated carbocycles. The Morgan fingerprint density at radius 3 is 2.42 bits per heavy atom. The summed E-state index contributed by atoms with van der Waals surface area (Å²) in [5.74, 6) is 0. The van der Waals surface area contributed by atoms with Crippen molar-refractivity contribution in [1.82, 2.24) is 10.2 Å². The van der Waals surface area contributed by atoms with Crippen molar-refractivity contribution in [1.29, 1.82) is 0 Å². The lowest BCUT2D eigenvalue weighted by atomic mass is 9.74. The maximum Gasteiger partial charge on any atom is 0.407 e. The fourth-order valence-electron chi connectivity index (χ4n) is 3.21. The summed E-state index contributed by atoms with van der Waals surface area (Å²) in [6.45, 7) is 12.0. The highest BCUT2D eigenvalue weighted by atomic mass is 16.6. The average molecular weight is 332 g/mol. The van der Waals surface area contributed by atoms with Gasteiger partial charge in [-0.2, -0.15) is 0 Å². The van der Waals surface area contributed by atoms with Crippen molar-refractivity contribution in [2.24, 2.45) is 0 Å². The standard InChI is InChI=1S/C20H32N2O2/c1-19(2,3)24-18(23)21-13-8-14-22-15-11-20(4,12-16-22)17-9-6-5-7-10-17/h5-7,9-10H,8,11-16H2,1-4H3,(H,21,23). The largest absolute Gasteiger partial charge is 0.444 e. The first-order chi connectivity index (χ1) is 11.3. The van der Waals surface area contributed by atoms with Gasteiger partial charge in [-0.05, 0) is 70.6 Å². The van der Waals surface area contributed by atoms with Crippen LogP contribution in [0, 0.1) is 0 Å². The molecule has 4 nitrogen and oxygen atoms in total. The molecule has 1 saturated heterocycles. The molecule has 1 aromatic carbocycles. The van der Waals surface area contributed by atoms with Gasteiger partial charge in [0.25, 0.3) is 0 Å². The lowest BCUT2D eigenvalue weighted by Gasteiger charge is -2.40. The number of likely N-dealkylation sites (tertiary alicyclic amines) is 1. The first-order valence-corrected chi connectivity index (χ1v) is 9.03. The number of carbonyl (C=O) groups excluding carboxylic acids is 1. The molecule has 1 aromatic rings. The number of carbonyl (C=O) groups is 1. The van der Waals surface area contributed by atoms with E-state index in [0.29, 0.717) is 12.0 Å². The average Bonchev–Trinajstić information content (AvgIpc) is 2.52. The summed E-state index contributed by atoms with van der Waals surface area (Å²) >= 11 is 0. The van der Waals surface area contributed by atoms with Crippen LogP contribution in [0.25, 0.3) is 0 Å². The number of alkyl carbamates (subject to hydrolysis) is 1. The number of nitrogens with zero attached hydrogens (tertiary/aromatic N) is 1. The van der Waals surface area contributed by atoms with E-state index < -0.39 is 5.60 Å². The van der Waals surface area contributed by atoms with Crippen LogP contribution in [-0.4, -0.2) is 42.8 Å². The monoisotopic (exact) mass is 332 g/mol. The van der Waals surface area contributed by atoms with E-state index in [1.165, 1.54) is 18.4 Å². The first kappa shape index (κ1) is 18.8. The second kappa shape index (κ2) is 8.02. The van der Waals surface area contributed by atoms with Crippen molar-refractivity contribution < 1.29 is 9.53 Å². The lowest BCUT2D eigenvalue weighted by Crippen LogP contribution is -2.42. The fourth-order valence-corrected chi connectivity index (χ4v) is 3.21. The summed E-state index contributed by atoms with van der Waals surface area (Å²) in [5.41, 5.74) is 1.32. The molecule has 2 rings (SSSR count). The number of rotatable bonds is 5. The number of nitrogens with one attached hydrogen (secondary N) is 1. The summed E-state index contributed by atoms with van der Waals surface area (Å²) in [7, 11) is 0. The van der Waals surface area contributed by atoms with Gasteiger partial charge >= 0.3 is 6.09 Å². The van der Waals surface area contributed by atoms with Gasteiger partial charge in [0.15, 0.2) is 0 Å². The molecule has 24 heavy (non-hydrogen) atoms. The third kappa shape index (κ3) is 5.82. The highest BCUT2D eigenvalue weighted by Crippen LogP contribution is 2.34. The van der Waals surface area contributed by atoms with E-state index in [4.69, 9.17) is 4.74 Å². The zero-order valence-electron chi connectivity index (χ0n) is 15.6. The molecule has 0 spiro atoms. The van der Waals surface area contributed by atoms with Crippen LogP contribution in [0.15, 0.2) is 30.3 Å². The van der Waals surface area contributed by atoms with Crippen LogP contribution in [0.5, 0.6) is 0 Å². The maximum absolute atomic E-state index is 11.6. The predicted molar refractivity (Wildman–Crippen MR) is 98.3 cm³/mol. The Balaban J connectivity index is 1.66. The van der Waals surface area contributed by atoms with E-state index >= 15 is 0 Å². The minimum absolute atomic E-state index is 0.298. The second-order valence-corrected chi connectivity index (χ2v) is 8.05. The summed E-state index contributed by atoms with van der Waals surface area (Å²) in [4.78, 5) is 14.1. The van der Waals surface area contributed by atoms with Crippen molar-refractivity contribution in [2.45, 2.75) is 58.0 Å². The Morgan fingerprint density at radius 2 is 1.83 bits per heavy atom. The summed E-state index contributed by atoms with van der Waals surface area (Å²) in [5, 5.41) is 2.83. The number of hydrogen-bond acceptors (Lipinski definition) is 3. The van der Waals surface area contributed by atoms with E-state index in [9.17, 15) is 4.79 Å². The molecule has 0 atom stereocenters. The topological polar surface area (TPSA) is 41.6 Å². The van der Waals surface area contributed by atoms with Gasteiger partial charge in [0.1, 0.15) is 5.60 Å². The van der Waals surface area contributed by atoms with Crippen LogP contribution in [0.3, 0.4) is 0 Å². The molecule has 0 radical (unpaired) electrons. The molecule has 0 aromatic heterocycles. The number of amides is 1. The predicted octanol–water partition coefficient (Wildman–Crippen LogP) is 3.95. The molecule has 1 aliphatic rings. The van der Waals surface area contributed by atoms with Crippen molar-refractivity contribution in [3.63, 3.8) is 0 Å². The van der Waals surface area contributed by atoms with Gasteiger partial charge in [0.2, 0.25) is 0 Å². The molecule has 1 aliphatic heterocycles. The smallest absolute Gasteiger partial charge is 0.407 e. The number of benzene rings is 1. The molecule has 1 heterocycles. The summed E-state index contributed by atoms with van der Waals surface area (Å²) in [6.07, 6.45) is 3.02. The zero-order chi connectivity index (χ0) is 17.6. The van der Waals surface area contributed by atoms with Crippen LogP contribution in [0.4, 0.5) is 4.79 Å². The molecule has 134 valence electrons. The van der Waals surface area contributed by atoms with E-state index in [2.05, 4.69) is 47.5 Å². The molecule has 1 amide bonds. The molecular weight excluding hydrogens is 300 g/mol. The molecular formula is C20H32N2O2. The fraction of sp³-hybridized carbons (Fsp3) is 0.650. The summed E-state index contributed by atoms with van der Waals surface area (Å²) < 4.78 is 5.24. The van der Waals surface area contributed by atoms with Gasteiger partial charge in [-0.1, -0.05) is 37.3 Å². The number of ether oxygens (including phenoxy) is 1. The number of hydrogen-bond donors (Lipinski definition) is 1. The van der Waals surface area contributed by atoms with Crippen LogP contribution in [0.2, 0.25) is 0 Å². The number of piperidine rings is 1. The van der Waals surface area contributed by atoms with Crippen LogP contribution >= 0.6 is 0 Å². The Kier molecular flexibility index (Phi) is 6.27. The first-order valence-electron chi connectivity index (χ1n) is 9.03. The van der Waals surface area contributed by atoms with E-state index in [1.54, 1.807) is 0 Å². The maximum atomic E-state index is 11.6. The Hall–Kier alpha value is -1.55. The third-order valence-electron chi connectivity index (χ3n) is 4.75. The minimum atomic E-state index is -0.432. The van der Waals surface area contributed by atoms with Crippen molar-refractivity contribution in [2.75, 3.05) is 26.2 Å². The minimum Gasteiger partial charge on any atom is -0.444 e. The normalized spacial score (nSPS) is 18.2. The quantitative estimate of drug-likeness (QED) is 0.830. The molecule has 0 aliphatic carbocycles. The van der Waals surface area contributed by atoms with Crippen LogP contribution in [0.1, 0.15) is 52.5 Å². The van der Waals surface area contributed by atoms with E-state index in [1.807, 2.05) is 20.8 Å². The van der Waals surface area contributed by atoms with E-state index in [0.717, 1.165) is 26.1 Å². The Labute approximate surface area is 146 Å². The molecule has 1 N–H and O–H groups in total. The van der Waals surface area contributed by atoms with Crippen molar-refractivity contribution in [3.8, 4) is 0 Å². The Morgan fingerprint density at radius 1 is 1.21 bits per heavy atom. The lowest BCUT2D eigenvalue weighted by molar-refractivity contribution is 0.0524. The van der Waals surface area contributed by atoms with Gasteiger partial charge in [0.05, 0.1) is 0 Å². The van der Waals surface area contributed by atoms with Gasteiger partial charge in [-0.15, -0.1) is 0 Å². The third-order valence-corrected chi connectivity index (χ3v) is 4.75. The molecule has 1 fully saturated rings. The van der Waals surface area contributed by atoms with Crippen LogP contribution < -0.4 is 5.32 Å². The zero-order valence-corrected chi connectivity index (χ0v) is 15.6. The van der Waals surface area contributed by atoms with Gasteiger partial charge in [-0.25, -0.2) is 4.79 Å². The second-order valence-electron chi connectivity index (χ2n) is 8.05. The van der Waals surface area contributed by atoms with Crippen molar-refractivity contribution in [3.05, 3.63) is 35.9 Å². The van der Waals surface area contributed by atoms with Crippen molar-refractivity contribution >= 4 is 6.09 Å². The molecule has 0 bridgehead atoms. The highest BCUT2D eigenvalue weighted by Gasteiger charge is 2.31. The summed E-state index contributed by atoms with van der Waals surface area (Å²) in [6, 6.07) is 10.9. The Bertz CT molecular complexity index is 514. The van der Waals surface area contributed by atoms with Gasteiger partial charge in [0, 0.05) is 6.54 Å². The van der Waals surface area contributed by atoms with E-state index in [-0.39, 0.29) is 6.09 Å². The SMILES string of the molecule is CC(C)(C)OC(=O)NCCCN1CCC(C)(c2ccccc2)CC1.